The summed E-state index contributed by atoms with van der Waals surface area (Å²) in [6, 6.07) is 0.928. The fraction of sp³-hybridized carbons (Fsp3) is 0.643. The molecule has 3 aliphatic rings. The van der Waals surface area contributed by atoms with Crippen LogP contribution in [0.15, 0.2) is 24.9 Å². The average molecular weight is 232 g/mol. The van der Waals surface area contributed by atoms with Crippen molar-refractivity contribution >= 4 is 5.78 Å². The molecule has 0 unspecified atom stereocenters. The van der Waals surface area contributed by atoms with Gasteiger partial charge in [-0.3, -0.25) is 4.79 Å². The van der Waals surface area contributed by atoms with Crippen LogP contribution in [0.25, 0.3) is 0 Å². The third kappa shape index (κ3) is 1.93. The van der Waals surface area contributed by atoms with E-state index in [9.17, 15) is 4.79 Å². The number of rotatable bonds is 2. The quantitative estimate of drug-likeness (QED) is 0.729. The lowest BCUT2D eigenvalue weighted by molar-refractivity contribution is -0.118. The SMILES string of the molecule is C=CC[C@@H]1NC[C@H]2C[C@H]1[C@H]1CC(=O)C=CN1C2. The minimum absolute atomic E-state index is 0.285. The molecule has 3 rings (SSSR count). The Labute approximate surface area is 103 Å². The minimum Gasteiger partial charge on any atom is -0.373 e. The zero-order valence-electron chi connectivity index (χ0n) is 10.1. The molecule has 0 aromatic carbocycles. The number of ketones is 1. The summed E-state index contributed by atoms with van der Waals surface area (Å²) >= 11 is 0. The third-order valence-corrected chi connectivity index (χ3v) is 4.46. The van der Waals surface area contributed by atoms with Crippen molar-refractivity contribution in [2.75, 3.05) is 13.1 Å². The van der Waals surface area contributed by atoms with Gasteiger partial charge in [0.1, 0.15) is 0 Å². The highest BCUT2D eigenvalue weighted by atomic mass is 16.1. The Bertz CT molecular complexity index is 363. The molecular weight excluding hydrogens is 212 g/mol. The molecule has 0 radical (unpaired) electrons. The summed E-state index contributed by atoms with van der Waals surface area (Å²) in [7, 11) is 0. The molecule has 2 bridgehead atoms. The van der Waals surface area contributed by atoms with Gasteiger partial charge < -0.3 is 10.2 Å². The first-order valence-corrected chi connectivity index (χ1v) is 6.59. The van der Waals surface area contributed by atoms with Crippen LogP contribution >= 0.6 is 0 Å². The monoisotopic (exact) mass is 232 g/mol. The van der Waals surface area contributed by atoms with Crippen molar-refractivity contribution < 1.29 is 4.79 Å². The number of hydrogen-bond acceptors (Lipinski definition) is 3. The van der Waals surface area contributed by atoms with Gasteiger partial charge in [0.25, 0.3) is 0 Å². The molecule has 0 amide bonds. The van der Waals surface area contributed by atoms with Crippen molar-refractivity contribution in [3.8, 4) is 0 Å². The fourth-order valence-electron chi connectivity index (χ4n) is 3.68. The number of hydrogen-bond donors (Lipinski definition) is 1. The van der Waals surface area contributed by atoms with Gasteiger partial charge >= 0.3 is 0 Å². The standard InChI is InChI=1S/C14H20N2O/c1-2-3-13-12-6-10(8-15-13)9-16-5-4-11(17)7-14(12)16/h2,4-5,10,12-15H,1,3,6-9H2/t10-,12-,13+,14-/m1/s1. The number of nitrogens with zero attached hydrogens (tertiary/aromatic N) is 1. The number of fused-ring (bicyclic) bond motifs is 4. The summed E-state index contributed by atoms with van der Waals surface area (Å²) in [6.07, 6.45) is 8.74. The van der Waals surface area contributed by atoms with Gasteiger partial charge in [0.2, 0.25) is 0 Å². The summed E-state index contributed by atoms with van der Waals surface area (Å²) < 4.78 is 0. The number of nitrogens with one attached hydrogen (secondary N) is 1. The molecule has 92 valence electrons. The first-order chi connectivity index (χ1) is 8.28. The van der Waals surface area contributed by atoms with E-state index in [4.69, 9.17) is 0 Å². The molecule has 3 heteroatoms. The zero-order chi connectivity index (χ0) is 11.8. The number of carbonyl (C=O) groups excluding carboxylic acids is 1. The fourth-order valence-corrected chi connectivity index (χ4v) is 3.68. The highest BCUT2D eigenvalue weighted by Gasteiger charge is 2.43. The van der Waals surface area contributed by atoms with Crippen molar-refractivity contribution in [3.05, 3.63) is 24.9 Å². The van der Waals surface area contributed by atoms with E-state index in [2.05, 4.69) is 16.8 Å². The van der Waals surface area contributed by atoms with Crippen LogP contribution in [0.4, 0.5) is 0 Å². The maximum atomic E-state index is 11.6. The zero-order valence-corrected chi connectivity index (χ0v) is 10.1. The van der Waals surface area contributed by atoms with E-state index in [0.717, 1.165) is 25.4 Å². The maximum absolute atomic E-state index is 11.6. The van der Waals surface area contributed by atoms with Gasteiger partial charge in [-0.05, 0) is 37.3 Å². The largest absolute Gasteiger partial charge is 0.373 e. The number of allylic oxidation sites excluding steroid dienone is 1. The molecule has 3 nitrogen and oxygen atoms in total. The highest BCUT2D eigenvalue weighted by Crippen LogP contribution is 2.37. The van der Waals surface area contributed by atoms with Gasteiger partial charge in [-0.15, -0.1) is 6.58 Å². The smallest absolute Gasteiger partial charge is 0.159 e. The van der Waals surface area contributed by atoms with Gasteiger partial charge in [0, 0.05) is 31.2 Å². The Kier molecular flexibility index (Phi) is 2.79. The predicted octanol–water partition coefficient (Wildman–Crippen LogP) is 1.33. The van der Waals surface area contributed by atoms with E-state index in [0.29, 0.717) is 24.4 Å². The van der Waals surface area contributed by atoms with Crippen molar-refractivity contribution in [3.63, 3.8) is 0 Å². The van der Waals surface area contributed by atoms with Crippen molar-refractivity contribution in [2.45, 2.75) is 31.3 Å². The molecular formula is C14H20N2O. The topological polar surface area (TPSA) is 32.3 Å². The van der Waals surface area contributed by atoms with Crippen molar-refractivity contribution in [1.82, 2.24) is 10.2 Å². The van der Waals surface area contributed by atoms with Crippen LogP contribution in [0.5, 0.6) is 0 Å². The van der Waals surface area contributed by atoms with Crippen LogP contribution in [0.1, 0.15) is 19.3 Å². The summed E-state index contributed by atoms with van der Waals surface area (Å²) in [5.74, 6) is 1.64. The van der Waals surface area contributed by atoms with E-state index < -0.39 is 0 Å². The van der Waals surface area contributed by atoms with Gasteiger partial charge in [-0.2, -0.15) is 0 Å². The molecule has 0 aromatic rings. The molecule has 0 spiro atoms. The first-order valence-electron chi connectivity index (χ1n) is 6.59. The van der Waals surface area contributed by atoms with E-state index in [1.54, 1.807) is 6.08 Å². The maximum Gasteiger partial charge on any atom is 0.159 e. The number of piperidine rings is 2. The molecule has 3 aliphatic heterocycles. The Hall–Kier alpha value is -1.09. The minimum atomic E-state index is 0.285. The van der Waals surface area contributed by atoms with Crippen molar-refractivity contribution in [1.29, 1.82) is 0 Å². The Morgan fingerprint density at radius 3 is 3.29 bits per heavy atom. The normalized spacial score (nSPS) is 40.0. The van der Waals surface area contributed by atoms with Crippen LogP contribution in [-0.4, -0.2) is 35.9 Å². The molecule has 2 saturated heterocycles. The van der Waals surface area contributed by atoms with Crippen LogP contribution in [0, 0.1) is 11.8 Å². The van der Waals surface area contributed by atoms with E-state index in [-0.39, 0.29) is 5.78 Å². The van der Waals surface area contributed by atoms with Crippen molar-refractivity contribution in [2.24, 2.45) is 11.8 Å². The molecule has 3 heterocycles. The Morgan fingerprint density at radius 2 is 2.47 bits per heavy atom. The second kappa shape index (κ2) is 4.30. The molecule has 0 aliphatic carbocycles. The second-order valence-electron chi connectivity index (χ2n) is 5.56. The lowest BCUT2D eigenvalue weighted by atomic mass is 9.72. The van der Waals surface area contributed by atoms with Crippen LogP contribution in [-0.2, 0) is 4.79 Å². The molecule has 4 atom stereocenters. The van der Waals surface area contributed by atoms with Crippen LogP contribution in [0.3, 0.4) is 0 Å². The van der Waals surface area contributed by atoms with E-state index >= 15 is 0 Å². The van der Waals surface area contributed by atoms with Gasteiger partial charge in [-0.25, -0.2) is 0 Å². The molecule has 0 aromatic heterocycles. The molecule has 1 N–H and O–H groups in total. The average Bonchev–Trinajstić information content (AvgIpc) is 2.34. The lowest BCUT2D eigenvalue weighted by Crippen LogP contribution is -2.60. The second-order valence-corrected chi connectivity index (χ2v) is 5.56. The lowest BCUT2D eigenvalue weighted by Gasteiger charge is -2.51. The van der Waals surface area contributed by atoms with Crippen LogP contribution < -0.4 is 5.32 Å². The van der Waals surface area contributed by atoms with Crippen LogP contribution in [0.2, 0.25) is 0 Å². The molecule has 0 saturated carbocycles. The summed E-state index contributed by atoms with van der Waals surface area (Å²) in [5.41, 5.74) is 0. The molecule has 2 fully saturated rings. The number of carbonyl (C=O) groups is 1. The van der Waals surface area contributed by atoms with Gasteiger partial charge in [0.05, 0.1) is 0 Å². The van der Waals surface area contributed by atoms with E-state index in [1.807, 2.05) is 12.3 Å². The Morgan fingerprint density at radius 1 is 1.59 bits per heavy atom. The first kappa shape index (κ1) is 11.0. The third-order valence-electron chi connectivity index (χ3n) is 4.46. The Balaban J connectivity index is 1.83. The summed E-state index contributed by atoms with van der Waals surface area (Å²) in [4.78, 5) is 14.0. The predicted molar refractivity (Wildman–Crippen MR) is 67.5 cm³/mol. The van der Waals surface area contributed by atoms with E-state index in [1.165, 1.54) is 6.42 Å². The van der Waals surface area contributed by atoms with Gasteiger partial charge in [0.15, 0.2) is 5.78 Å². The molecule has 17 heavy (non-hydrogen) atoms. The van der Waals surface area contributed by atoms with Gasteiger partial charge in [-0.1, -0.05) is 6.08 Å². The highest BCUT2D eigenvalue weighted by molar-refractivity contribution is 5.90. The summed E-state index contributed by atoms with van der Waals surface area (Å²) in [5, 5.41) is 3.64. The summed E-state index contributed by atoms with van der Waals surface area (Å²) in [6.45, 7) is 6.07.